The Morgan fingerprint density at radius 3 is 2.05 bits per heavy atom. The van der Waals surface area contributed by atoms with Crippen molar-refractivity contribution in [2.45, 2.75) is 50.9 Å². The van der Waals surface area contributed by atoms with E-state index in [1.807, 2.05) is 0 Å². The van der Waals surface area contributed by atoms with Crippen LogP contribution < -0.4 is 5.73 Å². The molecule has 1 atom stereocenters. The Labute approximate surface area is 110 Å². The topological polar surface area (TPSA) is 44.5 Å². The summed E-state index contributed by atoms with van der Waals surface area (Å²) in [5, 5.41) is 0. The third-order valence-electron chi connectivity index (χ3n) is 3.96. The smallest absolute Gasteiger partial charge is 0.401 e. The quantitative estimate of drug-likeness (QED) is 0.748. The highest BCUT2D eigenvalue weighted by Gasteiger charge is 2.61. The average Bonchev–Trinajstić information content (AvgIpc) is 2.45. The summed E-state index contributed by atoms with van der Waals surface area (Å²) in [6.07, 6.45) is 0.0456. The van der Waals surface area contributed by atoms with Crippen molar-refractivity contribution in [2.24, 2.45) is 5.73 Å². The van der Waals surface area contributed by atoms with E-state index in [9.17, 15) is 13.2 Å². The van der Waals surface area contributed by atoms with Crippen LogP contribution in [0.5, 0.6) is 0 Å². The molecule has 7 heteroatoms. The summed E-state index contributed by atoms with van der Waals surface area (Å²) < 4.78 is 52.4. The van der Waals surface area contributed by atoms with E-state index in [0.29, 0.717) is 0 Å². The van der Waals surface area contributed by atoms with Gasteiger partial charge in [-0.05, 0) is 33.8 Å². The third-order valence-corrected chi connectivity index (χ3v) is 3.96. The van der Waals surface area contributed by atoms with Crippen LogP contribution >= 0.6 is 0 Å². The van der Waals surface area contributed by atoms with Crippen LogP contribution in [-0.4, -0.2) is 23.9 Å². The van der Waals surface area contributed by atoms with Gasteiger partial charge in [0.2, 0.25) is 0 Å². The maximum Gasteiger partial charge on any atom is 0.502 e. The van der Waals surface area contributed by atoms with Crippen molar-refractivity contribution in [3.63, 3.8) is 0 Å². The van der Waals surface area contributed by atoms with Crippen molar-refractivity contribution in [2.75, 3.05) is 0 Å². The Kier molecular flexibility index (Phi) is 3.06. The van der Waals surface area contributed by atoms with Gasteiger partial charge in [-0.2, -0.15) is 0 Å². The molecule has 0 bridgehead atoms. The van der Waals surface area contributed by atoms with E-state index in [-0.39, 0.29) is 0 Å². The summed E-state index contributed by atoms with van der Waals surface area (Å²) >= 11 is 0. The van der Waals surface area contributed by atoms with Crippen molar-refractivity contribution in [3.8, 4) is 0 Å². The molecule has 0 radical (unpaired) electrons. The van der Waals surface area contributed by atoms with Gasteiger partial charge in [-0.1, -0.05) is 0 Å². The van der Waals surface area contributed by atoms with Gasteiger partial charge < -0.3 is 15.0 Å². The van der Waals surface area contributed by atoms with Gasteiger partial charge >= 0.3 is 7.12 Å². The van der Waals surface area contributed by atoms with Crippen molar-refractivity contribution < 1.29 is 22.5 Å². The summed E-state index contributed by atoms with van der Waals surface area (Å²) in [5.74, 6) is -2.44. The number of nitrogens with two attached hydrogens (primary N) is 1. The number of halogens is 3. The number of alkyl halides is 1. The Balaban J connectivity index is 2.31. The highest BCUT2D eigenvalue weighted by atomic mass is 19.2. The van der Waals surface area contributed by atoms with Crippen LogP contribution in [0.3, 0.4) is 0 Å². The molecule has 1 saturated heterocycles. The summed E-state index contributed by atoms with van der Waals surface area (Å²) in [6.45, 7) is 7.00. The molecule has 0 aromatic carbocycles. The van der Waals surface area contributed by atoms with Crippen LogP contribution in [0.1, 0.15) is 34.1 Å². The van der Waals surface area contributed by atoms with Gasteiger partial charge in [-0.3, -0.25) is 0 Å². The zero-order valence-electron chi connectivity index (χ0n) is 11.4. The summed E-state index contributed by atoms with van der Waals surface area (Å²) in [4.78, 5) is 0. The first-order chi connectivity index (χ1) is 8.48. The first-order valence-corrected chi connectivity index (χ1v) is 6.06. The molecule has 1 fully saturated rings. The molecule has 1 heterocycles. The van der Waals surface area contributed by atoms with Crippen LogP contribution in [0.2, 0.25) is 0 Å². The molecule has 1 unspecified atom stereocenters. The van der Waals surface area contributed by atoms with E-state index in [0.717, 1.165) is 6.08 Å². The van der Waals surface area contributed by atoms with Gasteiger partial charge in [0.1, 0.15) is 5.83 Å². The normalized spacial score (nSPS) is 33.6. The van der Waals surface area contributed by atoms with E-state index in [2.05, 4.69) is 0 Å². The first kappa shape index (κ1) is 14.5. The predicted molar refractivity (Wildman–Crippen MR) is 66.1 cm³/mol. The van der Waals surface area contributed by atoms with Crippen molar-refractivity contribution in [1.29, 1.82) is 0 Å². The molecular weight excluding hydrogens is 258 g/mol. The molecule has 0 aromatic rings. The predicted octanol–water partition coefficient (Wildman–Crippen LogP) is 2.72. The minimum atomic E-state index is -2.31. The second-order valence-corrected chi connectivity index (χ2v) is 6.01. The van der Waals surface area contributed by atoms with Gasteiger partial charge in [0.25, 0.3) is 0 Å². The Bertz CT molecular complexity index is 460. The fourth-order valence-corrected chi connectivity index (χ4v) is 2.04. The lowest BCUT2D eigenvalue weighted by atomic mass is 9.65. The van der Waals surface area contributed by atoms with E-state index >= 15 is 0 Å². The fraction of sp³-hybridized carbons (Fsp3) is 0.667. The van der Waals surface area contributed by atoms with Gasteiger partial charge in [0.15, 0.2) is 11.4 Å². The van der Waals surface area contributed by atoms with Crippen molar-refractivity contribution in [1.82, 2.24) is 0 Å². The number of hydrogen-bond acceptors (Lipinski definition) is 3. The summed E-state index contributed by atoms with van der Waals surface area (Å²) in [5.41, 5.74) is 0.896. The van der Waals surface area contributed by atoms with Crippen molar-refractivity contribution >= 4 is 7.12 Å². The monoisotopic (exact) mass is 275 g/mol. The minimum Gasteiger partial charge on any atom is -0.401 e. The van der Waals surface area contributed by atoms with Gasteiger partial charge in [0.05, 0.1) is 16.9 Å². The highest BCUT2D eigenvalue weighted by molar-refractivity contribution is 6.50. The molecule has 0 spiro atoms. The third kappa shape index (κ3) is 2.19. The maximum atomic E-state index is 14.8. The molecule has 106 valence electrons. The van der Waals surface area contributed by atoms with Crippen LogP contribution in [0.15, 0.2) is 23.4 Å². The largest absolute Gasteiger partial charge is 0.502 e. The zero-order chi connectivity index (χ0) is 14.6. The van der Waals surface area contributed by atoms with Gasteiger partial charge in [0, 0.05) is 6.42 Å². The van der Waals surface area contributed by atoms with Crippen LogP contribution in [0.25, 0.3) is 0 Å². The molecule has 0 saturated carbocycles. The summed E-state index contributed by atoms with van der Waals surface area (Å²) in [6, 6.07) is 0. The molecule has 0 amide bonds. The lowest BCUT2D eigenvalue weighted by Gasteiger charge is -2.32. The molecule has 1 aliphatic heterocycles. The van der Waals surface area contributed by atoms with Crippen LogP contribution in [-0.2, 0) is 9.31 Å². The van der Waals surface area contributed by atoms with E-state index in [1.54, 1.807) is 27.7 Å². The maximum absolute atomic E-state index is 14.8. The molecular formula is C12H17BF3NO2. The minimum absolute atomic E-state index is 0.569. The van der Waals surface area contributed by atoms with Crippen LogP contribution in [0.4, 0.5) is 13.2 Å². The zero-order valence-corrected chi connectivity index (χ0v) is 11.4. The van der Waals surface area contributed by atoms with E-state index in [4.69, 9.17) is 15.0 Å². The SMILES string of the molecule is CC1(C)OB(C2(F)C=C(N)C(F)=C(F)C2)OC1(C)C. The lowest BCUT2D eigenvalue weighted by molar-refractivity contribution is 0.00578. The molecule has 2 aliphatic rings. The molecule has 19 heavy (non-hydrogen) atoms. The van der Waals surface area contributed by atoms with Crippen molar-refractivity contribution in [3.05, 3.63) is 23.4 Å². The molecule has 2 N–H and O–H groups in total. The van der Waals surface area contributed by atoms with E-state index in [1.165, 1.54) is 0 Å². The number of rotatable bonds is 1. The van der Waals surface area contributed by atoms with Crippen LogP contribution in [0, 0.1) is 0 Å². The Morgan fingerprint density at radius 2 is 1.63 bits per heavy atom. The molecule has 1 aliphatic carbocycles. The van der Waals surface area contributed by atoms with E-state index < -0.39 is 47.7 Å². The Morgan fingerprint density at radius 1 is 1.16 bits per heavy atom. The molecule has 2 rings (SSSR count). The second kappa shape index (κ2) is 4.02. The molecule has 0 aromatic heterocycles. The highest BCUT2D eigenvalue weighted by Crippen LogP contribution is 2.45. The number of hydrogen-bond donors (Lipinski definition) is 1. The lowest BCUT2D eigenvalue weighted by Crippen LogP contribution is -2.45. The average molecular weight is 275 g/mol. The van der Waals surface area contributed by atoms with Gasteiger partial charge in [-0.15, -0.1) is 0 Å². The molecule has 3 nitrogen and oxygen atoms in total. The first-order valence-electron chi connectivity index (χ1n) is 6.06. The summed E-state index contributed by atoms with van der Waals surface area (Å²) in [7, 11) is -1.32. The Hall–Kier alpha value is -0.945. The number of allylic oxidation sites excluding steroid dienone is 3. The second-order valence-electron chi connectivity index (χ2n) is 6.01. The fourth-order valence-electron chi connectivity index (χ4n) is 2.04. The van der Waals surface area contributed by atoms with Gasteiger partial charge in [-0.25, -0.2) is 13.2 Å². The standard InChI is InChI=1S/C12H17BF3NO2/c1-10(2)11(3,4)19-13(18-10)12(16)5-7(14)9(15)8(17)6-12/h6H,5,17H2,1-4H3.